The summed E-state index contributed by atoms with van der Waals surface area (Å²) >= 11 is 2.89. The lowest BCUT2D eigenvalue weighted by Crippen LogP contribution is -2.34. The van der Waals surface area contributed by atoms with Crippen molar-refractivity contribution in [2.75, 3.05) is 5.32 Å². The molecule has 24 heavy (non-hydrogen) atoms. The second-order valence-electron chi connectivity index (χ2n) is 5.32. The number of primary amides is 1. The van der Waals surface area contributed by atoms with Crippen molar-refractivity contribution in [3.05, 3.63) is 46.2 Å². The molecule has 2 heterocycles. The summed E-state index contributed by atoms with van der Waals surface area (Å²) in [4.78, 5) is 28.8. The fourth-order valence-electron chi connectivity index (χ4n) is 2.33. The fraction of sp³-hybridized carbons (Fsp3) is 0.188. The third kappa shape index (κ3) is 3.90. The summed E-state index contributed by atoms with van der Waals surface area (Å²) < 4.78 is 1.02. The molecular weight excluding hydrogens is 344 g/mol. The number of carbonyl (C=O) groups excluding carboxylic acids is 2. The molecular formula is C16H16N4O2S2. The lowest BCUT2D eigenvalue weighted by molar-refractivity contribution is -0.116. The molecule has 0 saturated carbocycles. The minimum Gasteiger partial charge on any atom is -0.352 e. The van der Waals surface area contributed by atoms with Crippen molar-refractivity contribution in [3.63, 3.8) is 0 Å². The van der Waals surface area contributed by atoms with E-state index >= 15 is 0 Å². The minimum absolute atomic E-state index is 0.0956. The van der Waals surface area contributed by atoms with Crippen molar-refractivity contribution in [1.82, 2.24) is 10.3 Å². The maximum atomic E-state index is 12.3. The predicted octanol–water partition coefficient (Wildman–Crippen LogP) is 3.40. The molecule has 0 aliphatic rings. The van der Waals surface area contributed by atoms with Gasteiger partial charge in [0.25, 0.3) is 0 Å². The number of thiophene rings is 1. The molecule has 124 valence electrons. The first-order valence-electron chi connectivity index (χ1n) is 7.27. The van der Waals surface area contributed by atoms with E-state index in [-0.39, 0.29) is 12.3 Å². The van der Waals surface area contributed by atoms with Crippen LogP contribution in [0.25, 0.3) is 10.2 Å². The molecule has 6 nitrogen and oxygen atoms in total. The van der Waals surface area contributed by atoms with E-state index in [1.54, 1.807) is 0 Å². The summed E-state index contributed by atoms with van der Waals surface area (Å²) in [5.74, 6) is -0.224. The first-order chi connectivity index (χ1) is 11.5. The molecule has 0 aliphatic heterocycles. The molecule has 3 aromatic rings. The largest absolute Gasteiger partial charge is 0.352 e. The molecule has 8 heteroatoms. The highest BCUT2D eigenvalue weighted by Gasteiger charge is 2.19. The van der Waals surface area contributed by atoms with Crippen LogP contribution in [-0.4, -0.2) is 16.9 Å². The first kappa shape index (κ1) is 16.4. The molecule has 2 aromatic heterocycles. The van der Waals surface area contributed by atoms with Crippen LogP contribution in [0.3, 0.4) is 0 Å². The maximum Gasteiger partial charge on any atom is 0.312 e. The van der Waals surface area contributed by atoms with Gasteiger partial charge >= 0.3 is 6.03 Å². The minimum atomic E-state index is -0.656. The van der Waals surface area contributed by atoms with Crippen LogP contribution in [0.1, 0.15) is 22.9 Å². The fourth-order valence-corrected chi connectivity index (χ4v) is 4.08. The number of carbonyl (C=O) groups is 2. The first-order valence-corrected chi connectivity index (χ1v) is 8.97. The predicted molar refractivity (Wildman–Crippen MR) is 97.4 cm³/mol. The van der Waals surface area contributed by atoms with E-state index in [2.05, 4.69) is 15.6 Å². The number of nitrogens with zero attached hydrogens (tertiary/aromatic N) is 1. The average molecular weight is 360 g/mol. The van der Waals surface area contributed by atoms with Gasteiger partial charge in [-0.3, -0.25) is 4.79 Å². The number of fused-ring (bicyclic) bond motifs is 1. The standard InChI is InChI=1S/C16H16N4O2S2/c1-9-4-5-10-13(7-9)24-16(19-10)20-14(21)8-11(18-15(17)22)12-3-2-6-23-12/h2-7,11H,8H2,1H3,(H3,17,18,22)(H,19,20,21). The van der Waals surface area contributed by atoms with Gasteiger partial charge in [0.1, 0.15) is 0 Å². The lowest BCUT2D eigenvalue weighted by Gasteiger charge is -2.15. The van der Waals surface area contributed by atoms with Gasteiger partial charge in [-0.25, -0.2) is 9.78 Å². The van der Waals surface area contributed by atoms with E-state index in [0.717, 1.165) is 20.7 Å². The average Bonchev–Trinajstić information content (AvgIpc) is 3.14. The Hall–Kier alpha value is -2.45. The Bertz CT molecular complexity index is 873. The van der Waals surface area contributed by atoms with Crippen LogP contribution >= 0.6 is 22.7 Å². The number of benzene rings is 1. The molecule has 1 atom stereocenters. The molecule has 0 spiro atoms. The molecule has 1 unspecified atom stereocenters. The van der Waals surface area contributed by atoms with Crippen LogP contribution in [0, 0.1) is 6.92 Å². The highest BCUT2D eigenvalue weighted by atomic mass is 32.1. The molecule has 4 N–H and O–H groups in total. The Morgan fingerprint density at radius 1 is 1.33 bits per heavy atom. The second kappa shape index (κ2) is 6.98. The van der Waals surface area contributed by atoms with Gasteiger partial charge in [0, 0.05) is 4.88 Å². The van der Waals surface area contributed by atoms with Gasteiger partial charge in [0.15, 0.2) is 5.13 Å². The number of nitrogens with two attached hydrogens (primary N) is 1. The zero-order valence-corrected chi connectivity index (χ0v) is 14.5. The summed E-state index contributed by atoms with van der Waals surface area (Å²) in [6, 6.07) is 8.57. The number of hydrogen-bond donors (Lipinski definition) is 3. The third-order valence-electron chi connectivity index (χ3n) is 3.38. The number of thiazole rings is 1. The van der Waals surface area contributed by atoms with Crippen molar-refractivity contribution in [1.29, 1.82) is 0 Å². The van der Waals surface area contributed by atoms with Crippen LogP contribution in [-0.2, 0) is 4.79 Å². The van der Waals surface area contributed by atoms with Crippen LogP contribution in [0.15, 0.2) is 35.7 Å². The topological polar surface area (TPSA) is 97.1 Å². The number of anilines is 1. The van der Waals surface area contributed by atoms with Gasteiger partial charge in [-0.05, 0) is 36.1 Å². The Morgan fingerprint density at radius 3 is 2.88 bits per heavy atom. The highest BCUT2D eigenvalue weighted by molar-refractivity contribution is 7.22. The quantitative estimate of drug-likeness (QED) is 0.650. The van der Waals surface area contributed by atoms with Crippen LogP contribution in [0.2, 0.25) is 0 Å². The van der Waals surface area contributed by atoms with Crippen molar-refractivity contribution >= 4 is 50.0 Å². The Kier molecular flexibility index (Phi) is 4.77. The summed E-state index contributed by atoms with van der Waals surface area (Å²) in [5, 5.41) is 7.84. The maximum absolute atomic E-state index is 12.3. The zero-order chi connectivity index (χ0) is 17.1. The Morgan fingerprint density at radius 2 is 2.17 bits per heavy atom. The molecule has 3 rings (SSSR count). The van der Waals surface area contributed by atoms with E-state index in [1.165, 1.54) is 22.7 Å². The van der Waals surface area contributed by atoms with Gasteiger partial charge in [0.2, 0.25) is 5.91 Å². The van der Waals surface area contributed by atoms with Crippen LogP contribution < -0.4 is 16.4 Å². The van der Waals surface area contributed by atoms with Gasteiger partial charge < -0.3 is 16.4 Å². The number of aryl methyl sites for hydroxylation is 1. The summed E-state index contributed by atoms with van der Waals surface area (Å²) in [6.07, 6.45) is 0.0956. The summed E-state index contributed by atoms with van der Waals surface area (Å²) in [5.41, 5.74) is 7.20. The zero-order valence-electron chi connectivity index (χ0n) is 12.9. The number of rotatable bonds is 5. The number of hydrogen-bond acceptors (Lipinski definition) is 5. The molecule has 0 saturated heterocycles. The summed E-state index contributed by atoms with van der Waals surface area (Å²) in [7, 11) is 0. The number of amides is 3. The van der Waals surface area contributed by atoms with E-state index in [4.69, 9.17) is 5.73 Å². The SMILES string of the molecule is Cc1ccc2nc(NC(=O)CC(NC(N)=O)c3cccs3)sc2c1. The van der Waals surface area contributed by atoms with Crippen molar-refractivity contribution in [2.45, 2.75) is 19.4 Å². The molecule has 0 radical (unpaired) electrons. The second-order valence-corrected chi connectivity index (χ2v) is 7.33. The van der Waals surface area contributed by atoms with Crippen molar-refractivity contribution in [2.24, 2.45) is 5.73 Å². The molecule has 0 aliphatic carbocycles. The van der Waals surface area contributed by atoms with Gasteiger partial charge in [-0.2, -0.15) is 0 Å². The van der Waals surface area contributed by atoms with E-state index < -0.39 is 12.1 Å². The van der Waals surface area contributed by atoms with E-state index in [0.29, 0.717) is 5.13 Å². The smallest absolute Gasteiger partial charge is 0.312 e. The van der Waals surface area contributed by atoms with Crippen LogP contribution in [0.5, 0.6) is 0 Å². The van der Waals surface area contributed by atoms with Crippen molar-refractivity contribution < 1.29 is 9.59 Å². The molecule has 3 amide bonds. The normalized spacial score (nSPS) is 12.0. The lowest BCUT2D eigenvalue weighted by atomic mass is 10.1. The van der Waals surface area contributed by atoms with Crippen LogP contribution in [0.4, 0.5) is 9.93 Å². The molecule has 0 fully saturated rings. The summed E-state index contributed by atoms with van der Waals surface area (Å²) in [6.45, 7) is 2.01. The van der Waals surface area contributed by atoms with E-state index in [1.807, 2.05) is 42.6 Å². The monoisotopic (exact) mass is 360 g/mol. The van der Waals surface area contributed by atoms with Gasteiger partial charge in [0.05, 0.1) is 22.7 Å². The number of aromatic nitrogens is 1. The van der Waals surface area contributed by atoms with E-state index in [9.17, 15) is 9.59 Å². The Labute approximate surface area is 146 Å². The Balaban J connectivity index is 1.71. The highest BCUT2D eigenvalue weighted by Crippen LogP contribution is 2.28. The third-order valence-corrected chi connectivity index (χ3v) is 5.30. The van der Waals surface area contributed by atoms with Crippen molar-refractivity contribution in [3.8, 4) is 0 Å². The van der Waals surface area contributed by atoms with Gasteiger partial charge in [-0.15, -0.1) is 11.3 Å². The molecule has 1 aromatic carbocycles. The van der Waals surface area contributed by atoms with Gasteiger partial charge in [-0.1, -0.05) is 23.5 Å². The number of urea groups is 1. The molecule has 0 bridgehead atoms. The number of nitrogens with one attached hydrogen (secondary N) is 2.